The van der Waals surface area contributed by atoms with Crippen molar-refractivity contribution < 1.29 is 4.74 Å². The lowest BCUT2D eigenvalue weighted by molar-refractivity contribution is 0.0796. The lowest BCUT2D eigenvalue weighted by atomic mass is 9.92. The number of aryl methyl sites for hydroxylation is 1. The summed E-state index contributed by atoms with van der Waals surface area (Å²) < 4.78 is 6.23. The van der Waals surface area contributed by atoms with Crippen LogP contribution < -0.4 is 10.5 Å². The Morgan fingerprint density at radius 1 is 1.05 bits per heavy atom. The van der Waals surface area contributed by atoms with Gasteiger partial charge in [-0.1, -0.05) is 42.5 Å². The monoisotopic (exact) mass is 255 g/mol. The van der Waals surface area contributed by atoms with Crippen LogP contribution in [0, 0.1) is 6.92 Å². The molecule has 1 unspecified atom stereocenters. The smallest absolute Gasteiger partial charge is 0.132 e. The van der Waals surface area contributed by atoms with E-state index in [9.17, 15) is 0 Å². The van der Waals surface area contributed by atoms with E-state index >= 15 is 0 Å². The van der Waals surface area contributed by atoms with Crippen molar-refractivity contribution in [1.29, 1.82) is 0 Å². The van der Waals surface area contributed by atoms with Crippen LogP contribution in [-0.4, -0.2) is 6.54 Å². The molecule has 0 amide bonds. The average molecular weight is 255 g/mol. The molecule has 0 aliphatic heterocycles. The molecule has 100 valence electrons. The molecule has 2 heteroatoms. The van der Waals surface area contributed by atoms with E-state index in [2.05, 4.69) is 38.1 Å². The van der Waals surface area contributed by atoms with Gasteiger partial charge in [-0.3, -0.25) is 0 Å². The number of ether oxygens (including phenoxy) is 1. The van der Waals surface area contributed by atoms with Gasteiger partial charge in [0.1, 0.15) is 11.4 Å². The van der Waals surface area contributed by atoms with Crippen molar-refractivity contribution in [3.63, 3.8) is 0 Å². The quantitative estimate of drug-likeness (QED) is 0.885. The Balaban J connectivity index is 2.30. The second-order valence-corrected chi connectivity index (χ2v) is 5.05. The van der Waals surface area contributed by atoms with Crippen LogP contribution in [0.15, 0.2) is 54.6 Å². The normalized spacial score (nSPS) is 13.8. The van der Waals surface area contributed by atoms with Crippen LogP contribution in [0.3, 0.4) is 0 Å². The van der Waals surface area contributed by atoms with E-state index in [0.717, 1.165) is 17.7 Å². The molecule has 0 aliphatic rings. The molecule has 0 bridgehead atoms. The van der Waals surface area contributed by atoms with Crippen molar-refractivity contribution in [2.24, 2.45) is 5.73 Å². The molecule has 1 atom stereocenters. The predicted octanol–water partition coefficient (Wildman–Crippen LogP) is 3.64. The van der Waals surface area contributed by atoms with Gasteiger partial charge in [0, 0.05) is 6.42 Å². The molecule has 0 heterocycles. The van der Waals surface area contributed by atoms with Gasteiger partial charge < -0.3 is 10.5 Å². The Morgan fingerprint density at radius 2 is 1.79 bits per heavy atom. The number of benzene rings is 2. The van der Waals surface area contributed by atoms with Gasteiger partial charge in [-0.15, -0.1) is 0 Å². The fraction of sp³-hybridized carbons (Fsp3) is 0.294. The third kappa shape index (κ3) is 3.36. The molecule has 2 aromatic carbocycles. The molecule has 2 N–H and O–H groups in total. The van der Waals surface area contributed by atoms with Crippen molar-refractivity contribution in [2.75, 3.05) is 6.54 Å². The molecular weight excluding hydrogens is 234 g/mol. The minimum Gasteiger partial charge on any atom is -0.483 e. The molecule has 0 radical (unpaired) electrons. The van der Waals surface area contributed by atoms with Crippen LogP contribution in [-0.2, 0) is 5.60 Å². The van der Waals surface area contributed by atoms with Crippen molar-refractivity contribution in [2.45, 2.75) is 25.9 Å². The molecule has 19 heavy (non-hydrogen) atoms. The highest BCUT2D eigenvalue weighted by molar-refractivity contribution is 5.30. The first-order valence-electron chi connectivity index (χ1n) is 6.65. The third-order valence-electron chi connectivity index (χ3n) is 3.34. The van der Waals surface area contributed by atoms with E-state index in [-0.39, 0.29) is 5.60 Å². The molecule has 0 aliphatic carbocycles. The molecule has 0 saturated heterocycles. The number of hydrogen-bond acceptors (Lipinski definition) is 2. The standard InChI is InChI=1S/C17H21NO/c1-14-7-6-10-16(13-14)19-17(2,11-12-18)15-8-4-3-5-9-15/h3-10,13H,11-12,18H2,1-2H3. The second kappa shape index (κ2) is 5.89. The summed E-state index contributed by atoms with van der Waals surface area (Å²) in [6, 6.07) is 18.4. The van der Waals surface area contributed by atoms with E-state index in [1.807, 2.05) is 30.3 Å². The topological polar surface area (TPSA) is 35.2 Å². The Hall–Kier alpha value is -1.80. The van der Waals surface area contributed by atoms with Crippen LogP contribution in [0.4, 0.5) is 0 Å². The van der Waals surface area contributed by atoms with Crippen LogP contribution in [0.5, 0.6) is 5.75 Å². The molecule has 0 spiro atoms. The van der Waals surface area contributed by atoms with Gasteiger partial charge in [0.2, 0.25) is 0 Å². The lowest BCUT2D eigenvalue weighted by Crippen LogP contribution is -2.32. The van der Waals surface area contributed by atoms with Gasteiger partial charge in [0.15, 0.2) is 0 Å². The average Bonchev–Trinajstić information content (AvgIpc) is 2.40. The van der Waals surface area contributed by atoms with Gasteiger partial charge in [-0.25, -0.2) is 0 Å². The summed E-state index contributed by atoms with van der Waals surface area (Å²) in [5.41, 5.74) is 7.72. The SMILES string of the molecule is Cc1cccc(OC(C)(CCN)c2ccccc2)c1. The highest BCUT2D eigenvalue weighted by Crippen LogP contribution is 2.31. The van der Waals surface area contributed by atoms with Gasteiger partial charge >= 0.3 is 0 Å². The molecule has 2 nitrogen and oxygen atoms in total. The first kappa shape index (κ1) is 13.6. The summed E-state index contributed by atoms with van der Waals surface area (Å²) in [5, 5.41) is 0. The summed E-state index contributed by atoms with van der Waals surface area (Å²) in [5.74, 6) is 0.889. The summed E-state index contributed by atoms with van der Waals surface area (Å²) in [7, 11) is 0. The molecular formula is C17H21NO. The lowest BCUT2D eigenvalue weighted by Gasteiger charge is -2.31. The van der Waals surface area contributed by atoms with Gasteiger partial charge in [0.05, 0.1) is 0 Å². The van der Waals surface area contributed by atoms with Crippen LogP contribution in [0.1, 0.15) is 24.5 Å². The predicted molar refractivity (Wildman–Crippen MR) is 79.3 cm³/mol. The zero-order valence-corrected chi connectivity index (χ0v) is 11.6. The van der Waals surface area contributed by atoms with E-state index in [0.29, 0.717) is 6.54 Å². The summed E-state index contributed by atoms with van der Waals surface area (Å²) in [6.45, 7) is 4.75. The number of rotatable bonds is 5. The Kier molecular flexibility index (Phi) is 4.23. The van der Waals surface area contributed by atoms with Crippen LogP contribution in [0.25, 0.3) is 0 Å². The first-order chi connectivity index (χ1) is 9.14. The third-order valence-corrected chi connectivity index (χ3v) is 3.34. The summed E-state index contributed by atoms with van der Waals surface area (Å²) in [6.07, 6.45) is 0.783. The molecule has 0 fully saturated rings. The number of hydrogen-bond donors (Lipinski definition) is 1. The highest BCUT2D eigenvalue weighted by Gasteiger charge is 2.27. The van der Waals surface area contributed by atoms with Gasteiger partial charge in [-0.2, -0.15) is 0 Å². The highest BCUT2D eigenvalue weighted by atomic mass is 16.5. The van der Waals surface area contributed by atoms with Crippen LogP contribution >= 0.6 is 0 Å². The summed E-state index contributed by atoms with van der Waals surface area (Å²) in [4.78, 5) is 0. The molecule has 0 aromatic heterocycles. The maximum atomic E-state index is 6.23. The van der Waals surface area contributed by atoms with Crippen molar-refractivity contribution >= 4 is 0 Å². The van der Waals surface area contributed by atoms with Crippen LogP contribution in [0.2, 0.25) is 0 Å². The molecule has 2 rings (SSSR count). The Bertz CT molecular complexity index is 524. The van der Waals surface area contributed by atoms with E-state index in [4.69, 9.17) is 10.5 Å². The van der Waals surface area contributed by atoms with Crippen molar-refractivity contribution in [3.05, 3.63) is 65.7 Å². The second-order valence-electron chi connectivity index (χ2n) is 5.05. The van der Waals surface area contributed by atoms with E-state index < -0.39 is 0 Å². The Morgan fingerprint density at radius 3 is 2.42 bits per heavy atom. The van der Waals surface area contributed by atoms with Crippen molar-refractivity contribution in [3.8, 4) is 5.75 Å². The minimum absolute atomic E-state index is 0.385. The zero-order valence-electron chi connectivity index (χ0n) is 11.6. The fourth-order valence-corrected chi connectivity index (χ4v) is 2.26. The van der Waals surface area contributed by atoms with Gasteiger partial charge in [-0.05, 0) is 43.7 Å². The fourth-order valence-electron chi connectivity index (χ4n) is 2.26. The largest absolute Gasteiger partial charge is 0.483 e. The Labute approximate surface area is 115 Å². The molecule has 0 saturated carbocycles. The van der Waals surface area contributed by atoms with Crippen molar-refractivity contribution in [1.82, 2.24) is 0 Å². The van der Waals surface area contributed by atoms with Gasteiger partial charge in [0.25, 0.3) is 0 Å². The summed E-state index contributed by atoms with van der Waals surface area (Å²) >= 11 is 0. The van der Waals surface area contributed by atoms with E-state index in [1.54, 1.807) is 0 Å². The first-order valence-corrected chi connectivity index (χ1v) is 6.65. The van der Waals surface area contributed by atoms with E-state index in [1.165, 1.54) is 5.56 Å². The molecule has 2 aromatic rings. The zero-order chi connectivity index (χ0) is 13.7. The maximum absolute atomic E-state index is 6.23. The maximum Gasteiger partial charge on any atom is 0.132 e. The minimum atomic E-state index is -0.385. The number of nitrogens with two attached hydrogens (primary N) is 1.